The molecule has 25 heavy (non-hydrogen) atoms. The van der Waals surface area contributed by atoms with Gasteiger partial charge in [0.1, 0.15) is 5.69 Å². The minimum atomic E-state index is -0.463. The number of nitrogens with one attached hydrogen (secondary N) is 2. The number of hydrogen-bond donors (Lipinski definition) is 2. The van der Waals surface area contributed by atoms with E-state index in [1.165, 1.54) is 7.11 Å². The summed E-state index contributed by atoms with van der Waals surface area (Å²) in [5.41, 5.74) is 3.50. The van der Waals surface area contributed by atoms with E-state index in [1.54, 1.807) is 38.5 Å². The van der Waals surface area contributed by atoms with E-state index in [0.717, 1.165) is 5.69 Å². The Hall–Kier alpha value is -3.35. The number of nitrogens with zero attached hydrogens (tertiary/aromatic N) is 2. The normalized spacial score (nSPS) is 10.5. The number of aromatic nitrogens is 3. The number of carbonyl (C=O) groups excluding carboxylic acids is 2. The summed E-state index contributed by atoms with van der Waals surface area (Å²) in [7, 11) is 1.32. The number of hydrogen-bond acceptors (Lipinski definition) is 4. The van der Waals surface area contributed by atoms with Crippen molar-refractivity contribution in [1.82, 2.24) is 14.5 Å². The number of benzene rings is 1. The van der Waals surface area contributed by atoms with E-state index in [2.05, 4.69) is 15.3 Å². The fraction of sp³-hybridized carbons (Fsp3) is 0.167. The summed E-state index contributed by atoms with van der Waals surface area (Å²) >= 11 is 0. The zero-order valence-corrected chi connectivity index (χ0v) is 14.2. The number of ether oxygens (including phenoxy) is 1. The van der Waals surface area contributed by atoms with Gasteiger partial charge >= 0.3 is 5.97 Å². The number of esters is 1. The molecule has 0 aliphatic rings. The Labute approximate surface area is 144 Å². The monoisotopic (exact) mass is 338 g/mol. The van der Waals surface area contributed by atoms with Crippen molar-refractivity contribution in [1.29, 1.82) is 0 Å². The van der Waals surface area contributed by atoms with Crippen LogP contribution in [0.5, 0.6) is 0 Å². The van der Waals surface area contributed by atoms with E-state index in [0.29, 0.717) is 28.2 Å². The van der Waals surface area contributed by atoms with Crippen molar-refractivity contribution in [3.8, 4) is 5.69 Å². The molecule has 0 radical (unpaired) electrons. The van der Waals surface area contributed by atoms with Crippen molar-refractivity contribution in [3.05, 3.63) is 65.5 Å². The second-order valence-electron chi connectivity index (χ2n) is 5.59. The highest BCUT2D eigenvalue weighted by molar-refractivity contribution is 6.06. The first kappa shape index (κ1) is 16.5. The van der Waals surface area contributed by atoms with Crippen LogP contribution in [0.25, 0.3) is 5.69 Å². The second kappa shape index (κ2) is 6.64. The van der Waals surface area contributed by atoms with Gasteiger partial charge in [-0.1, -0.05) is 0 Å². The van der Waals surface area contributed by atoms with Gasteiger partial charge in [0.15, 0.2) is 0 Å². The van der Waals surface area contributed by atoms with Crippen LogP contribution in [0.15, 0.2) is 43.0 Å². The van der Waals surface area contributed by atoms with Crippen LogP contribution in [0, 0.1) is 13.8 Å². The third kappa shape index (κ3) is 3.16. The van der Waals surface area contributed by atoms with Gasteiger partial charge < -0.3 is 19.6 Å². The average molecular weight is 338 g/mol. The summed E-state index contributed by atoms with van der Waals surface area (Å²) in [6, 6.07) is 7.37. The molecule has 0 fully saturated rings. The molecule has 0 unspecified atom stereocenters. The maximum Gasteiger partial charge on any atom is 0.339 e. The predicted octanol–water partition coefficient (Wildman–Crippen LogP) is 2.86. The van der Waals surface area contributed by atoms with Crippen molar-refractivity contribution < 1.29 is 14.3 Å². The Morgan fingerprint density at radius 1 is 1.20 bits per heavy atom. The lowest BCUT2D eigenvalue weighted by Gasteiger charge is -2.07. The number of aromatic amines is 1. The number of carbonyl (C=O) groups is 2. The summed E-state index contributed by atoms with van der Waals surface area (Å²) in [5, 5.41) is 2.82. The lowest BCUT2D eigenvalue weighted by Crippen LogP contribution is -2.14. The van der Waals surface area contributed by atoms with Crippen molar-refractivity contribution in [2.75, 3.05) is 12.4 Å². The van der Waals surface area contributed by atoms with Crippen LogP contribution in [-0.4, -0.2) is 33.5 Å². The number of H-pyrrole nitrogens is 1. The van der Waals surface area contributed by atoms with Gasteiger partial charge in [0.25, 0.3) is 5.91 Å². The average Bonchev–Trinajstić information content (AvgIpc) is 3.23. The number of imidazole rings is 1. The van der Waals surface area contributed by atoms with Crippen LogP contribution < -0.4 is 5.32 Å². The van der Waals surface area contributed by atoms with Gasteiger partial charge in [0.2, 0.25) is 0 Å². The fourth-order valence-corrected chi connectivity index (χ4v) is 2.71. The Kier molecular flexibility index (Phi) is 4.38. The van der Waals surface area contributed by atoms with Crippen molar-refractivity contribution >= 4 is 17.6 Å². The molecule has 0 spiro atoms. The number of rotatable bonds is 4. The maximum absolute atomic E-state index is 12.5. The summed E-state index contributed by atoms with van der Waals surface area (Å²) in [6.45, 7) is 3.45. The Morgan fingerprint density at radius 2 is 1.92 bits per heavy atom. The standard InChI is InChI=1S/C18H18N4O3/c1-11-15(18(24)25-3)12(2)20-16(11)17(23)21-13-4-6-14(7-5-13)22-9-8-19-10-22/h4-10,20H,1-3H3,(H,21,23). The van der Waals surface area contributed by atoms with Gasteiger partial charge in [-0.15, -0.1) is 0 Å². The Balaban J connectivity index is 1.80. The summed E-state index contributed by atoms with van der Waals surface area (Å²) in [6.07, 6.45) is 5.24. The van der Waals surface area contributed by atoms with Gasteiger partial charge in [-0.25, -0.2) is 9.78 Å². The fourth-order valence-electron chi connectivity index (χ4n) is 2.71. The predicted molar refractivity (Wildman–Crippen MR) is 93.1 cm³/mol. The summed E-state index contributed by atoms with van der Waals surface area (Å²) in [5.74, 6) is -0.777. The van der Waals surface area contributed by atoms with E-state index in [-0.39, 0.29) is 5.91 Å². The Bertz CT molecular complexity index is 909. The lowest BCUT2D eigenvalue weighted by atomic mass is 10.1. The van der Waals surface area contributed by atoms with Crippen LogP contribution in [0.1, 0.15) is 32.1 Å². The SMILES string of the molecule is COC(=O)c1c(C)[nH]c(C(=O)Nc2ccc(-n3ccnc3)cc2)c1C. The van der Waals surface area contributed by atoms with Gasteiger partial charge in [-0.05, 0) is 43.7 Å². The van der Waals surface area contributed by atoms with Crippen LogP contribution in [-0.2, 0) is 4.74 Å². The van der Waals surface area contributed by atoms with E-state index >= 15 is 0 Å². The molecule has 2 heterocycles. The first-order chi connectivity index (χ1) is 12.0. The van der Waals surface area contributed by atoms with Crippen molar-refractivity contribution in [2.24, 2.45) is 0 Å². The minimum absolute atomic E-state index is 0.314. The van der Waals surface area contributed by atoms with Crippen LogP contribution in [0.4, 0.5) is 5.69 Å². The number of aryl methyl sites for hydroxylation is 1. The van der Waals surface area contributed by atoms with Crippen molar-refractivity contribution in [2.45, 2.75) is 13.8 Å². The van der Waals surface area contributed by atoms with Crippen LogP contribution >= 0.6 is 0 Å². The van der Waals surface area contributed by atoms with E-state index in [1.807, 2.05) is 22.9 Å². The first-order valence-electron chi connectivity index (χ1n) is 7.68. The zero-order valence-electron chi connectivity index (χ0n) is 14.2. The van der Waals surface area contributed by atoms with Gasteiger partial charge in [-0.3, -0.25) is 4.79 Å². The summed E-state index contributed by atoms with van der Waals surface area (Å²) in [4.78, 5) is 31.3. The van der Waals surface area contributed by atoms with E-state index in [4.69, 9.17) is 4.74 Å². The highest BCUT2D eigenvalue weighted by Gasteiger charge is 2.22. The third-order valence-electron chi connectivity index (χ3n) is 3.98. The molecule has 0 atom stereocenters. The molecule has 1 aromatic carbocycles. The topological polar surface area (TPSA) is 89.0 Å². The lowest BCUT2D eigenvalue weighted by molar-refractivity contribution is 0.0599. The number of anilines is 1. The molecule has 2 aromatic heterocycles. The second-order valence-corrected chi connectivity index (χ2v) is 5.59. The molecule has 7 heteroatoms. The van der Waals surface area contributed by atoms with Gasteiger partial charge in [0.05, 0.1) is 19.0 Å². The number of methoxy groups -OCH3 is 1. The molecule has 3 rings (SSSR count). The minimum Gasteiger partial charge on any atom is -0.465 e. The quantitative estimate of drug-likeness (QED) is 0.716. The molecular formula is C18H18N4O3. The molecule has 0 saturated heterocycles. The smallest absolute Gasteiger partial charge is 0.339 e. The molecule has 0 bridgehead atoms. The molecule has 2 N–H and O–H groups in total. The molecule has 0 saturated carbocycles. The Morgan fingerprint density at radius 3 is 2.52 bits per heavy atom. The largest absolute Gasteiger partial charge is 0.465 e. The maximum atomic E-state index is 12.5. The van der Waals surface area contributed by atoms with E-state index in [9.17, 15) is 9.59 Å². The van der Waals surface area contributed by atoms with Crippen LogP contribution in [0.3, 0.4) is 0 Å². The summed E-state index contributed by atoms with van der Waals surface area (Å²) < 4.78 is 6.63. The molecule has 0 aliphatic carbocycles. The van der Waals surface area contributed by atoms with Crippen LogP contribution in [0.2, 0.25) is 0 Å². The van der Waals surface area contributed by atoms with Gasteiger partial charge in [-0.2, -0.15) is 0 Å². The third-order valence-corrected chi connectivity index (χ3v) is 3.98. The molecule has 0 aliphatic heterocycles. The first-order valence-corrected chi connectivity index (χ1v) is 7.68. The van der Waals surface area contributed by atoms with Crippen molar-refractivity contribution in [3.63, 3.8) is 0 Å². The zero-order chi connectivity index (χ0) is 18.0. The van der Waals surface area contributed by atoms with E-state index < -0.39 is 5.97 Å². The van der Waals surface area contributed by atoms with Gasteiger partial charge in [0, 0.05) is 29.5 Å². The molecule has 3 aromatic rings. The molecule has 128 valence electrons. The molecule has 1 amide bonds. The highest BCUT2D eigenvalue weighted by atomic mass is 16.5. The highest BCUT2D eigenvalue weighted by Crippen LogP contribution is 2.20. The number of amides is 1. The molecule has 7 nitrogen and oxygen atoms in total. The molecular weight excluding hydrogens is 320 g/mol.